The number of ether oxygens (including phenoxy) is 2. The minimum atomic E-state index is -0.551. The molecule has 0 spiro atoms. The molecule has 0 aliphatic rings. The van der Waals surface area contributed by atoms with Gasteiger partial charge in [-0.25, -0.2) is 9.78 Å². The van der Waals surface area contributed by atoms with E-state index in [1.54, 1.807) is 11.3 Å². The molecule has 182 valence electrons. The number of carbonyl (C=O) groups is 1. The number of amides is 1. The van der Waals surface area contributed by atoms with Crippen molar-refractivity contribution in [1.82, 2.24) is 10.3 Å². The van der Waals surface area contributed by atoms with Gasteiger partial charge in [-0.05, 0) is 49.6 Å². The maximum absolute atomic E-state index is 12.3. The Kier molecular flexibility index (Phi) is 7.83. The molecule has 0 saturated carbocycles. The van der Waals surface area contributed by atoms with Gasteiger partial charge in [0.05, 0.1) is 29.8 Å². The van der Waals surface area contributed by atoms with E-state index in [9.17, 15) is 4.79 Å². The van der Waals surface area contributed by atoms with Gasteiger partial charge in [-0.15, -0.1) is 11.3 Å². The molecule has 4 aromatic rings. The highest BCUT2D eigenvalue weighted by molar-refractivity contribution is 7.11. The number of nitrogens with one attached hydrogen (secondary N) is 1. The number of thiazole rings is 1. The van der Waals surface area contributed by atoms with Crippen LogP contribution in [-0.2, 0) is 29.1 Å². The molecule has 0 fully saturated rings. The molecule has 0 aliphatic carbocycles. The Bertz CT molecular complexity index is 1280. The van der Waals surface area contributed by atoms with Gasteiger partial charge in [0.15, 0.2) is 0 Å². The predicted molar refractivity (Wildman–Crippen MR) is 142 cm³/mol. The number of benzene rings is 3. The summed E-state index contributed by atoms with van der Waals surface area (Å²) >= 11 is 1.58. The molecule has 6 heteroatoms. The molecule has 1 heterocycles. The quantitative estimate of drug-likeness (QED) is 0.285. The summed E-state index contributed by atoms with van der Waals surface area (Å²) in [6.07, 6.45) is 0.253. The van der Waals surface area contributed by atoms with E-state index in [2.05, 4.69) is 59.9 Å². The molecular formula is C29H32N2O3S. The van der Waals surface area contributed by atoms with Gasteiger partial charge in [-0.1, -0.05) is 72.8 Å². The molecule has 3 aromatic carbocycles. The highest BCUT2D eigenvalue weighted by atomic mass is 32.1. The van der Waals surface area contributed by atoms with E-state index in [-0.39, 0.29) is 6.04 Å². The van der Waals surface area contributed by atoms with Gasteiger partial charge in [0.2, 0.25) is 0 Å². The van der Waals surface area contributed by atoms with Crippen molar-refractivity contribution in [2.24, 2.45) is 0 Å². The fourth-order valence-corrected chi connectivity index (χ4v) is 4.79. The molecule has 0 radical (unpaired) electrons. The summed E-state index contributed by atoms with van der Waals surface area (Å²) in [5.74, 6) is 0. The third-order valence-corrected chi connectivity index (χ3v) is 6.68. The average molecular weight is 489 g/mol. The van der Waals surface area contributed by atoms with Crippen LogP contribution in [-0.4, -0.2) is 16.7 Å². The van der Waals surface area contributed by atoms with Gasteiger partial charge in [0, 0.05) is 6.42 Å². The van der Waals surface area contributed by atoms with Crippen LogP contribution in [0, 0.1) is 0 Å². The van der Waals surface area contributed by atoms with Gasteiger partial charge < -0.3 is 14.8 Å². The number of hydrogen-bond donors (Lipinski definition) is 1. The van der Waals surface area contributed by atoms with E-state index < -0.39 is 11.7 Å². The first-order valence-electron chi connectivity index (χ1n) is 11.8. The van der Waals surface area contributed by atoms with Crippen molar-refractivity contribution in [2.75, 3.05) is 0 Å². The van der Waals surface area contributed by atoms with E-state index in [0.717, 1.165) is 21.1 Å². The lowest BCUT2D eigenvalue weighted by Crippen LogP contribution is -2.34. The summed E-state index contributed by atoms with van der Waals surface area (Å²) in [5.41, 5.74) is 2.75. The third-order valence-electron chi connectivity index (χ3n) is 5.43. The first-order valence-corrected chi connectivity index (χ1v) is 12.7. The molecule has 1 atom stereocenters. The molecule has 1 aromatic heterocycles. The van der Waals surface area contributed by atoms with E-state index in [4.69, 9.17) is 14.5 Å². The zero-order chi connectivity index (χ0) is 24.8. The Morgan fingerprint density at radius 1 is 0.943 bits per heavy atom. The standard InChI is InChI=1S/C29H32N2O3S/c1-20(30-28(32)34-29(2,3)4)27-31-25(17-22-14-15-23-12-8-9-13-24(23)16-22)26(35-27)19-33-18-21-10-6-5-7-11-21/h5-16,20H,17-19H2,1-4H3,(H,30,32)/t20-/m0/s1. The summed E-state index contributed by atoms with van der Waals surface area (Å²) in [4.78, 5) is 18.3. The summed E-state index contributed by atoms with van der Waals surface area (Å²) in [5, 5.41) is 6.18. The third kappa shape index (κ3) is 7.13. The maximum atomic E-state index is 12.3. The van der Waals surface area contributed by atoms with Crippen LogP contribution in [0.1, 0.15) is 60.4 Å². The molecule has 35 heavy (non-hydrogen) atoms. The number of hydrogen-bond acceptors (Lipinski definition) is 5. The van der Waals surface area contributed by atoms with Gasteiger partial charge in [-0.3, -0.25) is 0 Å². The lowest BCUT2D eigenvalue weighted by Gasteiger charge is -2.21. The Hall–Kier alpha value is -3.22. The average Bonchev–Trinajstić information content (AvgIpc) is 3.21. The molecule has 0 unspecified atom stereocenters. The smallest absolute Gasteiger partial charge is 0.408 e. The van der Waals surface area contributed by atoms with Gasteiger partial charge >= 0.3 is 6.09 Å². The highest BCUT2D eigenvalue weighted by Crippen LogP contribution is 2.28. The molecule has 1 amide bonds. The van der Waals surface area contributed by atoms with E-state index in [1.807, 2.05) is 45.9 Å². The highest BCUT2D eigenvalue weighted by Gasteiger charge is 2.21. The summed E-state index contributed by atoms with van der Waals surface area (Å²) < 4.78 is 11.5. The normalized spacial score (nSPS) is 12.5. The lowest BCUT2D eigenvalue weighted by molar-refractivity contribution is 0.0508. The molecule has 0 aliphatic heterocycles. The number of fused-ring (bicyclic) bond motifs is 1. The van der Waals surface area contributed by atoms with Crippen molar-refractivity contribution in [3.63, 3.8) is 0 Å². The molecule has 1 N–H and O–H groups in total. The zero-order valence-corrected chi connectivity index (χ0v) is 21.5. The first kappa shape index (κ1) is 24.9. The molecule has 0 bridgehead atoms. The number of alkyl carbamates (subject to hydrolysis) is 1. The van der Waals surface area contributed by atoms with Crippen molar-refractivity contribution in [3.8, 4) is 0 Å². The van der Waals surface area contributed by atoms with Crippen LogP contribution >= 0.6 is 11.3 Å². The van der Waals surface area contributed by atoms with Gasteiger partial charge in [0.25, 0.3) is 0 Å². The van der Waals surface area contributed by atoms with Crippen molar-refractivity contribution >= 4 is 28.2 Å². The first-order chi connectivity index (χ1) is 16.8. The van der Waals surface area contributed by atoms with E-state index in [0.29, 0.717) is 19.6 Å². The number of nitrogens with zero attached hydrogens (tertiary/aromatic N) is 1. The van der Waals surface area contributed by atoms with Crippen LogP contribution < -0.4 is 5.32 Å². The van der Waals surface area contributed by atoms with Crippen molar-refractivity contribution in [3.05, 3.63) is 99.5 Å². The lowest BCUT2D eigenvalue weighted by atomic mass is 10.0. The largest absolute Gasteiger partial charge is 0.444 e. The second-order valence-electron chi connectivity index (χ2n) is 9.63. The van der Waals surface area contributed by atoms with Crippen LogP contribution in [0.2, 0.25) is 0 Å². The fourth-order valence-electron chi connectivity index (χ4n) is 3.76. The van der Waals surface area contributed by atoms with Crippen LogP contribution in [0.3, 0.4) is 0 Å². The minimum Gasteiger partial charge on any atom is -0.444 e. The maximum Gasteiger partial charge on any atom is 0.408 e. The van der Waals surface area contributed by atoms with Crippen LogP contribution in [0.25, 0.3) is 10.8 Å². The number of rotatable bonds is 8. The SMILES string of the molecule is C[C@H](NC(=O)OC(C)(C)C)c1nc(Cc2ccc3ccccc3c2)c(COCc2ccccc2)s1. The van der Waals surface area contributed by atoms with Gasteiger partial charge in [0.1, 0.15) is 10.6 Å². The van der Waals surface area contributed by atoms with Crippen LogP contribution in [0.5, 0.6) is 0 Å². The minimum absolute atomic E-state index is 0.270. The molecule has 5 nitrogen and oxygen atoms in total. The second-order valence-corrected chi connectivity index (χ2v) is 10.7. The summed E-state index contributed by atoms with van der Waals surface area (Å²) in [6, 6.07) is 24.7. The topological polar surface area (TPSA) is 60.5 Å². The van der Waals surface area contributed by atoms with E-state index >= 15 is 0 Å². The summed E-state index contributed by atoms with van der Waals surface area (Å²) in [6.45, 7) is 8.49. The van der Waals surface area contributed by atoms with Crippen molar-refractivity contribution in [1.29, 1.82) is 0 Å². The zero-order valence-electron chi connectivity index (χ0n) is 20.7. The molecular weight excluding hydrogens is 456 g/mol. The number of carbonyl (C=O) groups excluding carboxylic acids is 1. The molecule has 4 rings (SSSR count). The Balaban J connectivity index is 1.53. The Morgan fingerprint density at radius 2 is 1.66 bits per heavy atom. The summed E-state index contributed by atoms with van der Waals surface area (Å²) in [7, 11) is 0. The second kappa shape index (κ2) is 11.0. The van der Waals surface area contributed by atoms with Gasteiger partial charge in [-0.2, -0.15) is 0 Å². The van der Waals surface area contributed by atoms with Crippen molar-refractivity contribution < 1.29 is 14.3 Å². The molecule has 0 saturated heterocycles. The monoisotopic (exact) mass is 488 g/mol. The Morgan fingerprint density at radius 3 is 2.40 bits per heavy atom. The van der Waals surface area contributed by atoms with Crippen LogP contribution in [0.4, 0.5) is 4.79 Å². The fraction of sp³-hybridized carbons (Fsp3) is 0.310. The van der Waals surface area contributed by atoms with Crippen LogP contribution in [0.15, 0.2) is 72.8 Å². The van der Waals surface area contributed by atoms with Crippen molar-refractivity contribution in [2.45, 2.75) is 59.0 Å². The Labute approximate surface area is 211 Å². The number of aromatic nitrogens is 1. The predicted octanol–water partition coefficient (Wildman–Crippen LogP) is 7.19. The van der Waals surface area contributed by atoms with E-state index in [1.165, 1.54) is 16.3 Å².